The minimum Gasteiger partial charge on any atom is -0.324 e. The van der Waals surface area contributed by atoms with Crippen molar-refractivity contribution in [3.8, 4) is 11.4 Å². The fraction of sp³-hybridized carbons (Fsp3) is 0.357. The van der Waals surface area contributed by atoms with E-state index < -0.39 is 6.04 Å². The number of hydrogen-bond donors (Lipinski definition) is 2. The number of nitrogens with zero attached hydrogens (tertiary/aromatic N) is 3. The molecule has 20 heavy (non-hydrogen) atoms. The number of anilines is 1. The maximum atomic E-state index is 12.0. The average Bonchev–Trinajstić information content (AvgIpc) is 2.86. The number of amides is 1. The number of carbonyl (C=O) groups is 1. The zero-order valence-electron chi connectivity index (χ0n) is 11.7. The first-order chi connectivity index (χ1) is 9.63. The molecule has 1 heterocycles. The quantitative estimate of drug-likeness (QED) is 0.865. The van der Waals surface area contributed by atoms with E-state index in [9.17, 15) is 4.79 Å². The topological polar surface area (TPSA) is 85.8 Å². The van der Waals surface area contributed by atoms with Gasteiger partial charge in [-0.15, -0.1) is 10.2 Å². The van der Waals surface area contributed by atoms with Crippen LogP contribution in [0, 0.1) is 0 Å². The van der Waals surface area contributed by atoms with E-state index in [2.05, 4.69) is 15.5 Å². The standard InChI is InChI=1S/C14H19N5O/c1-3-6-11(15)14(20)17-12-8-5-4-7-10(12)13-18-16-9-19(13)2/h4-5,7-9,11H,3,6,15H2,1-2H3,(H,17,20)/t11-/m1/s1. The van der Waals surface area contributed by atoms with Crippen LogP contribution in [0.15, 0.2) is 30.6 Å². The van der Waals surface area contributed by atoms with Gasteiger partial charge in [0, 0.05) is 12.6 Å². The predicted octanol–water partition coefficient (Wildman–Crippen LogP) is 1.55. The summed E-state index contributed by atoms with van der Waals surface area (Å²) >= 11 is 0. The first-order valence-electron chi connectivity index (χ1n) is 6.63. The van der Waals surface area contributed by atoms with Gasteiger partial charge in [-0.2, -0.15) is 0 Å². The van der Waals surface area contributed by atoms with Gasteiger partial charge in [0.15, 0.2) is 5.82 Å². The predicted molar refractivity (Wildman–Crippen MR) is 78.0 cm³/mol. The monoisotopic (exact) mass is 273 g/mol. The van der Waals surface area contributed by atoms with Crippen molar-refractivity contribution in [2.75, 3.05) is 5.32 Å². The molecule has 6 nitrogen and oxygen atoms in total. The van der Waals surface area contributed by atoms with Crippen molar-refractivity contribution in [3.05, 3.63) is 30.6 Å². The maximum absolute atomic E-state index is 12.0. The number of hydrogen-bond acceptors (Lipinski definition) is 4. The molecule has 1 atom stereocenters. The summed E-state index contributed by atoms with van der Waals surface area (Å²) in [7, 11) is 1.86. The van der Waals surface area contributed by atoms with Crippen LogP contribution in [0.25, 0.3) is 11.4 Å². The molecule has 3 N–H and O–H groups in total. The molecule has 0 bridgehead atoms. The van der Waals surface area contributed by atoms with Crippen LogP contribution in [0.5, 0.6) is 0 Å². The molecule has 0 spiro atoms. The van der Waals surface area contributed by atoms with Crippen LogP contribution in [-0.2, 0) is 11.8 Å². The molecule has 0 fully saturated rings. The van der Waals surface area contributed by atoms with E-state index in [-0.39, 0.29) is 5.91 Å². The van der Waals surface area contributed by atoms with E-state index in [1.165, 1.54) is 0 Å². The Morgan fingerprint density at radius 2 is 2.20 bits per heavy atom. The van der Waals surface area contributed by atoms with Crippen LogP contribution in [0.3, 0.4) is 0 Å². The van der Waals surface area contributed by atoms with E-state index >= 15 is 0 Å². The second-order valence-electron chi connectivity index (χ2n) is 4.70. The number of nitrogens with two attached hydrogens (primary N) is 1. The Balaban J connectivity index is 2.25. The highest BCUT2D eigenvalue weighted by Gasteiger charge is 2.16. The van der Waals surface area contributed by atoms with Gasteiger partial charge in [0.2, 0.25) is 5.91 Å². The Morgan fingerprint density at radius 1 is 1.45 bits per heavy atom. The van der Waals surface area contributed by atoms with Gasteiger partial charge in [-0.3, -0.25) is 4.79 Å². The second kappa shape index (κ2) is 6.29. The smallest absolute Gasteiger partial charge is 0.241 e. The molecule has 1 aromatic carbocycles. The van der Waals surface area contributed by atoms with Crippen LogP contribution in [0.4, 0.5) is 5.69 Å². The van der Waals surface area contributed by atoms with Crippen molar-refractivity contribution >= 4 is 11.6 Å². The van der Waals surface area contributed by atoms with Crippen LogP contribution < -0.4 is 11.1 Å². The fourth-order valence-electron chi connectivity index (χ4n) is 1.98. The summed E-state index contributed by atoms with van der Waals surface area (Å²) in [5.41, 5.74) is 7.35. The second-order valence-corrected chi connectivity index (χ2v) is 4.70. The average molecular weight is 273 g/mol. The SMILES string of the molecule is CCC[C@@H](N)C(=O)Nc1ccccc1-c1nncn1C. The van der Waals surface area contributed by atoms with E-state index in [1.807, 2.05) is 38.2 Å². The van der Waals surface area contributed by atoms with Gasteiger partial charge in [0.05, 0.1) is 11.7 Å². The number of benzene rings is 1. The van der Waals surface area contributed by atoms with Gasteiger partial charge in [-0.25, -0.2) is 0 Å². The summed E-state index contributed by atoms with van der Waals surface area (Å²) in [6.07, 6.45) is 3.16. The molecule has 0 saturated heterocycles. The van der Waals surface area contributed by atoms with Crippen molar-refractivity contribution < 1.29 is 4.79 Å². The lowest BCUT2D eigenvalue weighted by molar-refractivity contribution is -0.117. The molecular weight excluding hydrogens is 254 g/mol. The highest BCUT2D eigenvalue weighted by Crippen LogP contribution is 2.25. The summed E-state index contributed by atoms with van der Waals surface area (Å²) in [4.78, 5) is 12.0. The zero-order valence-corrected chi connectivity index (χ0v) is 11.7. The molecule has 0 aliphatic rings. The minimum atomic E-state index is -0.493. The van der Waals surface area contributed by atoms with E-state index in [0.717, 1.165) is 12.0 Å². The number of rotatable bonds is 5. The van der Waals surface area contributed by atoms with Gasteiger partial charge < -0.3 is 15.6 Å². The molecule has 0 saturated carbocycles. The van der Waals surface area contributed by atoms with Crippen LogP contribution in [0.2, 0.25) is 0 Å². The molecule has 2 aromatic rings. The van der Waals surface area contributed by atoms with E-state index in [1.54, 1.807) is 10.9 Å². The molecule has 106 valence electrons. The summed E-state index contributed by atoms with van der Waals surface area (Å²) in [5, 5.41) is 10.8. The Hall–Kier alpha value is -2.21. The molecule has 0 aliphatic carbocycles. The molecule has 1 amide bonds. The van der Waals surface area contributed by atoms with Crippen LogP contribution in [-0.4, -0.2) is 26.7 Å². The van der Waals surface area contributed by atoms with Gasteiger partial charge in [0.1, 0.15) is 6.33 Å². The van der Waals surface area contributed by atoms with Gasteiger partial charge in [-0.05, 0) is 18.6 Å². The van der Waals surface area contributed by atoms with Crippen molar-refractivity contribution in [3.63, 3.8) is 0 Å². The molecule has 2 rings (SSSR count). The highest BCUT2D eigenvalue weighted by atomic mass is 16.2. The summed E-state index contributed by atoms with van der Waals surface area (Å²) in [5.74, 6) is 0.520. The van der Waals surface area contributed by atoms with Gasteiger partial charge >= 0.3 is 0 Å². The molecule has 0 aliphatic heterocycles. The number of carbonyl (C=O) groups excluding carboxylic acids is 1. The number of nitrogens with one attached hydrogen (secondary N) is 1. The number of aryl methyl sites for hydroxylation is 1. The third kappa shape index (κ3) is 3.03. The Kier molecular flexibility index (Phi) is 4.47. The van der Waals surface area contributed by atoms with Gasteiger partial charge in [0.25, 0.3) is 0 Å². The zero-order chi connectivity index (χ0) is 14.5. The van der Waals surface area contributed by atoms with Crippen molar-refractivity contribution in [2.45, 2.75) is 25.8 Å². The third-order valence-electron chi connectivity index (χ3n) is 3.07. The summed E-state index contributed by atoms with van der Waals surface area (Å²) < 4.78 is 1.80. The lowest BCUT2D eigenvalue weighted by Gasteiger charge is -2.14. The summed E-state index contributed by atoms with van der Waals surface area (Å²) in [6.45, 7) is 2.00. The minimum absolute atomic E-state index is 0.179. The molecule has 0 radical (unpaired) electrons. The molecule has 1 aromatic heterocycles. The maximum Gasteiger partial charge on any atom is 0.241 e. The molecule has 0 unspecified atom stereocenters. The van der Waals surface area contributed by atoms with Crippen LogP contribution >= 0.6 is 0 Å². The third-order valence-corrected chi connectivity index (χ3v) is 3.07. The van der Waals surface area contributed by atoms with Crippen molar-refractivity contribution in [2.24, 2.45) is 12.8 Å². The largest absolute Gasteiger partial charge is 0.324 e. The normalized spacial score (nSPS) is 12.2. The van der Waals surface area contributed by atoms with Gasteiger partial charge in [-0.1, -0.05) is 25.5 Å². The highest BCUT2D eigenvalue weighted by molar-refractivity contribution is 5.97. The van der Waals surface area contributed by atoms with Crippen molar-refractivity contribution in [1.82, 2.24) is 14.8 Å². The Morgan fingerprint density at radius 3 is 2.85 bits per heavy atom. The first kappa shape index (κ1) is 14.2. The van der Waals surface area contributed by atoms with E-state index in [0.29, 0.717) is 17.9 Å². The van der Waals surface area contributed by atoms with Crippen molar-refractivity contribution in [1.29, 1.82) is 0 Å². The molecular formula is C14H19N5O. The molecule has 6 heteroatoms. The number of aromatic nitrogens is 3. The fourth-order valence-corrected chi connectivity index (χ4v) is 1.98. The summed E-state index contributed by atoms with van der Waals surface area (Å²) in [6, 6.07) is 6.99. The lowest BCUT2D eigenvalue weighted by Crippen LogP contribution is -2.35. The number of para-hydroxylation sites is 1. The van der Waals surface area contributed by atoms with E-state index in [4.69, 9.17) is 5.73 Å². The van der Waals surface area contributed by atoms with Crippen LogP contribution in [0.1, 0.15) is 19.8 Å². The Bertz CT molecular complexity index is 593. The first-order valence-corrected chi connectivity index (χ1v) is 6.63. The lowest BCUT2D eigenvalue weighted by atomic mass is 10.1. The Labute approximate surface area is 118 Å².